The number of hydrogen-bond acceptors (Lipinski definition) is 9. The normalized spacial score (nSPS) is 13.2. The van der Waals surface area contributed by atoms with Gasteiger partial charge in [-0.1, -0.05) is 345 Å². The van der Waals surface area contributed by atoms with Crippen LogP contribution in [0.1, 0.15) is 44.5 Å². The van der Waals surface area contributed by atoms with E-state index in [4.69, 9.17) is 24.9 Å². The fourth-order valence-corrected chi connectivity index (χ4v) is 23.0. The first-order chi connectivity index (χ1) is 61.5. The number of hydrogen-bond donors (Lipinski definition) is 0. The van der Waals surface area contributed by atoms with Crippen molar-refractivity contribution in [3.63, 3.8) is 0 Å². The minimum Gasteiger partial charge on any atom is -0.255 e. The van der Waals surface area contributed by atoms with Crippen molar-refractivity contribution < 1.29 is 0 Å². The quantitative estimate of drug-likeness (QED) is 0.138. The van der Waals surface area contributed by atoms with Crippen LogP contribution in [0.15, 0.2) is 438 Å². The predicted molar refractivity (Wildman–Crippen MR) is 509 cm³/mol. The van der Waals surface area contributed by atoms with Crippen LogP contribution in [-0.4, -0.2) is 34.9 Å². The fraction of sp³-hybridized carbons (Fsp3) is 0.0174. The van der Waals surface area contributed by atoms with Gasteiger partial charge in [-0.25, -0.2) is 24.9 Å². The summed E-state index contributed by atoms with van der Waals surface area (Å²) >= 11 is 3.75. The standard InChI is InChI=1S/C59H36N4S.C56H33N3S/c1-2-15-39(16-3-1)57-46-36-56-50(35-45(46)44-19-6-9-24-51(44)63-57)59(47-21-7-4-17-42(47)43-18-5-8-22-48(43)59)49-23-14-20-41(58(49)64-56)38-29-27-37(28-30-38)40-33-54(52-25-10-12-31-60-52)62-55(34-40)53-26-11-13-32-61-53;1-3-14-34(15-4-1)48-30-28-36-26-27-37-29-31-50(59-54(37)53(36)57-48)41-21-13-24-46-55(41)60-51-33-43-42(40-20-9-12-25-49(40)58-52(43)35-16-5-2-6-17-35)32-47(51)56(46)44-22-10-7-18-38(44)39-19-8-11-23-45(39)56/h1-36H;1-33H. The Morgan fingerprint density at radius 1 is 0.194 bits per heavy atom. The number of pyridine rings is 7. The summed E-state index contributed by atoms with van der Waals surface area (Å²) in [6.07, 6.45) is 3.62. The van der Waals surface area contributed by atoms with E-state index in [0.29, 0.717) is 0 Å². The minimum atomic E-state index is -0.569. The van der Waals surface area contributed by atoms with E-state index in [-0.39, 0.29) is 0 Å². The SMILES string of the molecule is c1ccc(-c2ccc3ccc4ccc(-c5cccc6c5Sc5cc7c(-c8ccccc8)nc8ccccc8c7cc5C65c6ccccc6-c6ccccc65)nc4c3n2)cc1.c1ccc(-c2nc3ccccc3c3cc4c(cc23)Sc2c(-c3ccc(-c5cc(-c6ccccn6)nc(-c6ccccn6)c5)cc3)cccc2C42c3ccccc3-c3ccccc32)cc1. The molecular formula is C115H69N7S2. The van der Waals surface area contributed by atoms with Gasteiger partial charge in [-0.2, -0.15) is 0 Å². The Balaban J connectivity index is 0.000000136. The van der Waals surface area contributed by atoms with Gasteiger partial charge in [0.1, 0.15) is 0 Å². The molecule has 2 aliphatic carbocycles. The molecule has 0 fully saturated rings. The van der Waals surface area contributed by atoms with Crippen molar-refractivity contribution in [3.8, 4) is 112 Å². The molecule has 22 aromatic rings. The molecule has 4 aliphatic rings. The summed E-state index contributed by atoms with van der Waals surface area (Å²) in [5, 5.41) is 9.20. The summed E-state index contributed by atoms with van der Waals surface area (Å²) in [4.78, 5) is 40.7. The molecule has 576 valence electrons. The molecule has 0 unspecified atom stereocenters. The van der Waals surface area contributed by atoms with Gasteiger partial charge in [0.15, 0.2) is 0 Å². The second-order valence-electron chi connectivity index (χ2n) is 32.3. The number of fused-ring (bicyclic) bond motifs is 27. The molecule has 7 aromatic heterocycles. The van der Waals surface area contributed by atoms with Gasteiger partial charge < -0.3 is 0 Å². The van der Waals surface area contributed by atoms with Crippen molar-refractivity contribution in [3.05, 3.63) is 463 Å². The van der Waals surface area contributed by atoms with E-state index in [0.717, 1.165) is 139 Å². The first kappa shape index (κ1) is 71.5. The first-order valence-corrected chi connectivity index (χ1v) is 43.7. The van der Waals surface area contributed by atoms with Crippen LogP contribution in [0.5, 0.6) is 0 Å². The second-order valence-corrected chi connectivity index (χ2v) is 34.4. The third kappa shape index (κ3) is 11.1. The number of benzene rings is 15. The predicted octanol–water partition coefficient (Wildman–Crippen LogP) is 29.0. The highest BCUT2D eigenvalue weighted by molar-refractivity contribution is 8.00. The zero-order chi connectivity index (χ0) is 81.6. The second kappa shape index (κ2) is 28.7. The van der Waals surface area contributed by atoms with Gasteiger partial charge >= 0.3 is 0 Å². The molecule has 26 rings (SSSR count). The van der Waals surface area contributed by atoms with E-state index >= 15 is 0 Å². The van der Waals surface area contributed by atoms with E-state index in [9.17, 15) is 0 Å². The van der Waals surface area contributed by atoms with Crippen LogP contribution in [0.3, 0.4) is 0 Å². The fourth-order valence-electron chi connectivity index (χ4n) is 20.3. The van der Waals surface area contributed by atoms with Gasteiger partial charge in [-0.05, 0) is 185 Å². The Labute approximate surface area is 724 Å². The summed E-state index contributed by atoms with van der Waals surface area (Å²) < 4.78 is 0. The smallest absolute Gasteiger partial charge is 0.0972 e. The zero-order valence-electron chi connectivity index (χ0n) is 66.8. The molecule has 0 N–H and O–H groups in total. The van der Waals surface area contributed by atoms with Crippen LogP contribution in [0, 0.1) is 0 Å². The average Bonchev–Trinajstić information content (AvgIpc) is 1.48. The molecule has 0 radical (unpaired) electrons. The molecule has 2 spiro atoms. The van der Waals surface area contributed by atoms with Crippen molar-refractivity contribution in [1.29, 1.82) is 0 Å². The van der Waals surface area contributed by atoms with Gasteiger partial charge in [-0.15, -0.1) is 0 Å². The van der Waals surface area contributed by atoms with Gasteiger partial charge in [0.05, 0.1) is 78.4 Å². The largest absolute Gasteiger partial charge is 0.255 e. The van der Waals surface area contributed by atoms with Crippen molar-refractivity contribution in [2.75, 3.05) is 0 Å². The number of para-hydroxylation sites is 2. The number of nitrogens with zero attached hydrogens (tertiary/aromatic N) is 7. The molecule has 0 saturated carbocycles. The Hall–Kier alpha value is -15.4. The molecule has 9 heterocycles. The maximum Gasteiger partial charge on any atom is 0.0972 e. The van der Waals surface area contributed by atoms with E-state index in [1.54, 1.807) is 0 Å². The van der Waals surface area contributed by atoms with Gasteiger partial charge in [0.2, 0.25) is 0 Å². The topological polar surface area (TPSA) is 90.2 Å². The lowest BCUT2D eigenvalue weighted by atomic mass is 9.66. The summed E-state index contributed by atoms with van der Waals surface area (Å²) in [5.41, 5.74) is 34.3. The zero-order valence-corrected chi connectivity index (χ0v) is 68.4. The van der Waals surface area contributed by atoms with Gasteiger partial charge in [0.25, 0.3) is 0 Å². The van der Waals surface area contributed by atoms with Crippen LogP contribution in [0.2, 0.25) is 0 Å². The highest BCUT2D eigenvalue weighted by Crippen LogP contribution is 2.67. The summed E-state index contributed by atoms with van der Waals surface area (Å²) in [6.45, 7) is 0. The van der Waals surface area contributed by atoms with Crippen molar-refractivity contribution in [1.82, 2.24) is 34.9 Å². The lowest BCUT2D eigenvalue weighted by Gasteiger charge is -2.40. The third-order valence-corrected chi connectivity index (χ3v) is 28.1. The van der Waals surface area contributed by atoms with Gasteiger partial charge in [0, 0.05) is 86.5 Å². The van der Waals surface area contributed by atoms with Crippen LogP contribution >= 0.6 is 23.5 Å². The Kier molecular flexibility index (Phi) is 16.5. The van der Waals surface area contributed by atoms with Crippen LogP contribution in [-0.2, 0) is 10.8 Å². The maximum absolute atomic E-state index is 5.53. The summed E-state index contributed by atoms with van der Waals surface area (Å²) in [7, 11) is 0. The van der Waals surface area contributed by atoms with E-state index in [1.165, 1.54) is 103 Å². The number of rotatable bonds is 8. The number of aromatic nitrogens is 7. The monoisotopic (exact) mass is 1610 g/mol. The van der Waals surface area contributed by atoms with E-state index in [1.807, 2.05) is 78.4 Å². The molecule has 15 aromatic carbocycles. The molecule has 7 nitrogen and oxygen atoms in total. The molecule has 0 saturated heterocycles. The molecule has 0 bridgehead atoms. The molecule has 0 atom stereocenters. The lowest BCUT2D eigenvalue weighted by Crippen LogP contribution is -2.32. The van der Waals surface area contributed by atoms with Crippen molar-refractivity contribution >= 4 is 88.7 Å². The molecule has 0 amide bonds. The van der Waals surface area contributed by atoms with Crippen molar-refractivity contribution in [2.45, 2.75) is 30.4 Å². The first-order valence-electron chi connectivity index (χ1n) is 42.0. The Morgan fingerprint density at radius 3 is 1.05 bits per heavy atom. The Morgan fingerprint density at radius 2 is 0.573 bits per heavy atom. The molecule has 9 heteroatoms. The maximum atomic E-state index is 5.53. The third-order valence-electron chi connectivity index (χ3n) is 25.7. The highest BCUT2D eigenvalue weighted by atomic mass is 32.2. The summed E-state index contributed by atoms with van der Waals surface area (Å²) in [5.74, 6) is 0. The Bertz CT molecular complexity index is 8020. The van der Waals surface area contributed by atoms with Crippen LogP contribution in [0.25, 0.3) is 177 Å². The highest BCUT2D eigenvalue weighted by Gasteiger charge is 2.53. The molecule has 124 heavy (non-hydrogen) atoms. The molecule has 2 aliphatic heterocycles. The van der Waals surface area contributed by atoms with Crippen LogP contribution in [0.4, 0.5) is 0 Å². The lowest BCUT2D eigenvalue weighted by molar-refractivity contribution is 0.725. The van der Waals surface area contributed by atoms with E-state index in [2.05, 4.69) is 374 Å². The minimum absolute atomic E-state index is 0.550. The van der Waals surface area contributed by atoms with Crippen LogP contribution < -0.4 is 0 Å². The van der Waals surface area contributed by atoms with Crippen molar-refractivity contribution in [2.24, 2.45) is 0 Å². The summed E-state index contributed by atoms with van der Waals surface area (Å²) in [6, 6.07) is 147. The van der Waals surface area contributed by atoms with Gasteiger partial charge in [-0.3, -0.25) is 9.97 Å². The average molecular weight is 1610 g/mol. The molecular weight excluding hydrogens is 1540 g/mol. The van der Waals surface area contributed by atoms with E-state index < -0.39 is 10.8 Å².